The normalized spacial score (nSPS) is 10.9. The predicted octanol–water partition coefficient (Wildman–Crippen LogP) is 2.23. The van der Waals surface area contributed by atoms with Gasteiger partial charge in [-0.1, -0.05) is 36.8 Å². The molecule has 0 unspecified atom stereocenters. The maximum Gasteiger partial charge on any atom is 0.269 e. The number of fused-ring (bicyclic) bond motifs is 1. The lowest BCUT2D eigenvalue weighted by atomic mass is 10.3. The number of rotatable bonds is 6. The molecular formula is C16H17N5O2S. The van der Waals surface area contributed by atoms with Crippen LogP contribution in [0.3, 0.4) is 0 Å². The van der Waals surface area contributed by atoms with Gasteiger partial charge in [0.05, 0.1) is 17.2 Å². The Morgan fingerprint density at radius 2 is 2.12 bits per heavy atom. The number of hydrogen-bond acceptors (Lipinski definition) is 6. The maximum atomic E-state index is 12.2. The molecule has 3 rings (SSSR count). The van der Waals surface area contributed by atoms with Gasteiger partial charge in [0.15, 0.2) is 0 Å². The third-order valence-electron chi connectivity index (χ3n) is 3.51. The first-order valence-electron chi connectivity index (χ1n) is 7.74. The molecule has 0 aliphatic carbocycles. The molecule has 0 aliphatic heterocycles. The van der Waals surface area contributed by atoms with Crippen LogP contribution in [0, 0.1) is 0 Å². The van der Waals surface area contributed by atoms with Crippen LogP contribution in [0.2, 0.25) is 0 Å². The van der Waals surface area contributed by atoms with Gasteiger partial charge < -0.3 is 0 Å². The lowest BCUT2D eigenvalue weighted by molar-refractivity contribution is -0.116. The van der Waals surface area contributed by atoms with Crippen molar-refractivity contribution in [1.29, 1.82) is 0 Å². The molecule has 8 heteroatoms. The Labute approximate surface area is 142 Å². The molecule has 2 heterocycles. The van der Waals surface area contributed by atoms with Crippen molar-refractivity contribution in [2.75, 3.05) is 5.32 Å². The van der Waals surface area contributed by atoms with Crippen molar-refractivity contribution in [3.63, 3.8) is 0 Å². The molecule has 0 aliphatic rings. The fourth-order valence-electron chi connectivity index (χ4n) is 2.31. The molecule has 0 radical (unpaired) electrons. The number of anilines is 1. The molecule has 0 bridgehead atoms. The van der Waals surface area contributed by atoms with Gasteiger partial charge in [-0.3, -0.25) is 19.5 Å². The van der Waals surface area contributed by atoms with E-state index in [0.717, 1.165) is 24.3 Å². The lowest BCUT2D eigenvalue weighted by Gasteiger charge is -2.08. The van der Waals surface area contributed by atoms with Gasteiger partial charge in [-0.25, -0.2) is 4.98 Å². The summed E-state index contributed by atoms with van der Waals surface area (Å²) in [6.07, 6.45) is 4.21. The number of hydrogen-bond donors (Lipinski definition) is 1. The largest absolute Gasteiger partial charge is 0.299 e. The minimum absolute atomic E-state index is 0.0915. The summed E-state index contributed by atoms with van der Waals surface area (Å²) in [6, 6.07) is 7.21. The molecular weight excluding hydrogens is 326 g/mol. The summed E-state index contributed by atoms with van der Waals surface area (Å²) in [5, 5.41) is 12.1. The van der Waals surface area contributed by atoms with Crippen LogP contribution in [0.4, 0.5) is 5.13 Å². The van der Waals surface area contributed by atoms with E-state index in [1.807, 2.05) is 12.1 Å². The fraction of sp³-hybridized carbons (Fsp3) is 0.312. The molecule has 1 aromatic carbocycles. The highest BCUT2D eigenvalue weighted by Crippen LogP contribution is 2.17. The average Bonchev–Trinajstić information content (AvgIpc) is 3.03. The molecule has 7 nitrogen and oxygen atoms in total. The highest BCUT2D eigenvalue weighted by molar-refractivity contribution is 7.15. The van der Waals surface area contributed by atoms with Crippen LogP contribution in [0.25, 0.3) is 11.0 Å². The molecule has 124 valence electrons. The Morgan fingerprint density at radius 3 is 2.96 bits per heavy atom. The Balaban J connectivity index is 1.74. The van der Waals surface area contributed by atoms with E-state index >= 15 is 0 Å². The molecule has 0 spiro atoms. The van der Waals surface area contributed by atoms with Crippen molar-refractivity contribution in [3.8, 4) is 0 Å². The summed E-state index contributed by atoms with van der Waals surface area (Å²) >= 11 is 1.37. The highest BCUT2D eigenvalue weighted by atomic mass is 32.1. The number of para-hydroxylation sites is 2. The fourth-order valence-corrected chi connectivity index (χ4v) is 3.11. The van der Waals surface area contributed by atoms with Gasteiger partial charge in [0.1, 0.15) is 11.6 Å². The molecule has 0 fully saturated rings. The van der Waals surface area contributed by atoms with Crippen LogP contribution < -0.4 is 10.9 Å². The summed E-state index contributed by atoms with van der Waals surface area (Å²) in [7, 11) is 0. The first-order chi connectivity index (χ1) is 11.7. The summed E-state index contributed by atoms with van der Waals surface area (Å²) in [6.45, 7) is 2.02. The number of nitrogens with zero attached hydrogens (tertiary/aromatic N) is 4. The van der Waals surface area contributed by atoms with E-state index in [0.29, 0.717) is 16.2 Å². The second kappa shape index (κ2) is 7.31. The topological polar surface area (TPSA) is 89.8 Å². The Morgan fingerprint density at radius 1 is 1.29 bits per heavy atom. The molecule has 3 aromatic rings. The number of nitrogens with one attached hydrogen (secondary N) is 1. The second-order valence-corrected chi connectivity index (χ2v) is 6.39. The summed E-state index contributed by atoms with van der Waals surface area (Å²) in [5.74, 6) is -0.313. The molecule has 0 atom stereocenters. The first kappa shape index (κ1) is 16.3. The van der Waals surface area contributed by atoms with E-state index in [9.17, 15) is 9.59 Å². The number of amides is 1. The molecule has 2 aromatic heterocycles. The predicted molar refractivity (Wildman–Crippen MR) is 93.2 cm³/mol. The lowest BCUT2D eigenvalue weighted by Crippen LogP contribution is -2.27. The number of benzene rings is 1. The second-order valence-electron chi connectivity index (χ2n) is 5.32. The van der Waals surface area contributed by atoms with E-state index in [4.69, 9.17) is 0 Å². The van der Waals surface area contributed by atoms with Crippen molar-refractivity contribution < 1.29 is 4.79 Å². The smallest absolute Gasteiger partial charge is 0.269 e. The monoisotopic (exact) mass is 343 g/mol. The van der Waals surface area contributed by atoms with Crippen LogP contribution >= 0.6 is 11.3 Å². The van der Waals surface area contributed by atoms with Gasteiger partial charge in [-0.15, -0.1) is 10.2 Å². The Bertz CT molecular complexity index is 918. The molecule has 1 amide bonds. The SMILES string of the molecule is CCCCc1nnc(NC(=O)Cn2c(=O)cnc3ccccc32)s1. The minimum atomic E-state index is -0.315. The van der Waals surface area contributed by atoms with Crippen LogP contribution in [0.1, 0.15) is 24.8 Å². The number of unbranched alkanes of at least 4 members (excludes halogenated alkanes) is 1. The number of carbonyl (C=O) groups excluding carboxylic acids is 1. The quantitative estimate of drug-likeness (QED) is 0.741. The maximum absolute atomic E-state index is 12.2. The van der Waals surface area contributed by atoms with E-state index in [1.165, 1.54) is 22.1 Å². The standard InChI is InChI=1S/C16H17N5O2S/c1-2-3-8-14-19-20-16(24-14)18-13(22)10-21-12-7-5-4-6-11(12)17-9-15(21)23/h4-7,9H,2-3,8,10H2,1H3,(H,18,20,22). The number of carbonyl (C=O) groups is 1. The zero-order valence-corrected chi connectivity index (χ0v) is 14.0. The van der Waals surface area contributed by atoms with Crippen LogP contribution in [-0.4, -0.2) is 25.7 Å². The summed E-state index contributed by atoms with van der Waals surface area (Å²) < 4.78 is 1.40. The van der Waals surface area contributed by atoms with E-state index in [1.54, 1.807) is 12.1 Å². The Hall–Kier alpha value is -2.61. The van der Waals surface area contributed by atoms with Gasteiger partial charge in [0.2, 0.25) is 11.0 Å². The molecule has 0 saturated carbocycles. The zero-order valence-electron chi connectivity index (χ0n) is 13.2. The number of aryl methyl sites for hydroxylation is 1. The van der Waals surface area contributed by atoms with Gasteiger partial charge >= 0.3 is 0 Å². The van der Waals surface area contributed by atoms with Gasteiger partial charge in [-0.2, -0.15) is 0 Å². The van der Waals surface area contributed by atoms with E-state index < -0.39 is 0 Å². The van der Waals surface area contributed by atoms with Crippen molar-refractivity contribution in [1.82, 2.24) is 19.7 Å². The van der Waals surface area contributed by atoms with Gasteiger partial charge in [-0.05, 0) is 18.6 Å². The Kier molecular flexibility index (Phi) is 4.95. The summed E-state index contributed by atoms with van der Waals surface area (Å²) in [4.78, 5) is 28.4. The third kappa shape index (κ3) is 3.65. The minimum Gasteiger partial charge on any atom is -0.299 e. The number of aromatic nitrogens is 4. The third-order valence-corrected chi connectivity index (χ3v) is 4.41. The first-order valence-corrected chi connectivity index (χ1v) is 8.56. The average molecular weight is 343 g/mol. The van der Waals surface area contributed by atoms with E-state index in [2.05, 4.69) is 27.4 Å². The van der Waals surface area contributed by atoms with Crippen LogP contribution in [0.15, 0.2) is 35.3 Å². The van der Waals surface area contributed by atoms with Crippen molar-refractivity contribution >= 4 is 33.4 Å². The van der Waals surface area contributed by atoms with Crippen molar-refractivity contribution in [2.24, 2.45) is 0 Å². The molecule has 0 saturated heterocycles. The van der Waals surface area contributed by atoms with E-state index in [-0.39, 0.29) is 18.0 Å². The van der Waals surface area contributed by atoms with Crippen molar-refractivity contribution in [3.05, 3.63) is 45.8 Å². The zero-order chi connectivity index (χ0) is 16.9. The van der Waals surface area contributed by atoms with Gasteiger partial charge in [0, 0.05) is 6.42 Å². The van der Waals surface area contributed by atoms with Crippen LogP contribution in [0.5, 0.6) is 0 Å². The molecule has 24 heavy (non-hydrogen) atoms. The summed E-state index contributed by atoms with van der Waals surface area (Å²) in [5.41, 5.74) is 0.980. The molecule has 1 N–H and O–H groups in total. The van der Waals surface area contributed by atoms with Crippen molar-refractivity contribution in [2.45, 2.75) is 32.7 Å². The highest BCUT2D eigenvalue weighted by Gasteiger charge is 2.11. The van der Waals surface area contributed by atoms with Crippen LogP contribution in [-0.2, 0) is 17.8 Å². The van der Waals surface area contributed by atoms with Gasteiger partial charge in [0.25, 0.3) is 5.56 Å².